The predicted octanol–water partition coefficient (Wildman–Crippen LogP) is 3.20. The van der Waals surface area contributed by atoms with Crippen LogP contribution in [0.15, 0.2) is 34.1 Å². The minimum atomic E-state index is -3.59. The lowest BCUT2D eigenvalue weighted by atomic mass is 10.0. The van der Waals surface area contributed by atoms with Gasteiger partial charge in [-0.2, -0.15) is 8.61 Å². The summed E-state index contributed by atoms with van der Waals surface area (Å²) in [4.78, 5) is 0.353. The second-order valence-electron chi connectivity index (χ2n) is 7.46. The third-order valence-corrected chi connectivity index (χ3v) is 9.56. The first-order valence-corrected chi connectivity index (χ1v) is 12.9. The van der Waals surface area contributed by atoms with Crippen molar-refractivity contribution >= 4 is 20.0 Å². The molecule has 1 aromatic rings. The van der Waals surface area contributed by atoms with E-state index in [0.717, 1.165) is 51.4 Å². The monoisotopic (exact) mass is 414 g/mol. The van der Waals surface area contributed by atoms with Gasteiger partial charge in [0, 0.05) is 25.7 Å². The maximum atomic E-state index is 13.0. The van der Waals surface area contributed by atoms with Crippen molar-refractivity contribution in [1.29, 1.82) is 0 Å². The zero-order valence-electron chi connectivity index (χ0n) is 16.0. The molecule has 0 unspecified atom stereocenters. The highest BCUT2D eigenvalue weighted by molar-refractivity contribution is 7.89. The molecule has 0 spiro atoms. The highest BCUT2D eigenvalue weighted by Crippen LogP contribution is 2.28. The normalized spacial score (nSPS) is 23.8. The largest absolute Gasteiger partial charge is 0.243 e. The van der Waals surface area contributed by atoms with E-state index < -0.39 is 20.0 Å². The van der Waals surface area contributed by atoms with Crippen LogP contribution in [-0.2, 0) is 20.0 Å². The van der Waals surface area contributed by atoms with Crippen LogP contribution in [-0.4, -0.2) is 51.1 Å². The van der Waals surface area contributed by atoms with Gasteiger partial charge < -0.3 is 0 Å². The molecule has 2 aliphatic heterocycles. The molecule has 2 saturated heterocycles. The van der Waals surface area contributed by atoms with Gasteiger partial charge in [-0.1, -0.05) is 26.2 Å². The molecular weight excluding hydrogens is 384 g/mol. The van der Waals surface area contributed by atoms with Crippen molar-refractivity contribution in [2.45, 2.75) is 74.1 Å². The van der Waals surface area contributed by atoms with E-state index in [4.69, 9.17) is 0 Å². The quantitative estimate of drug-likeness (QED) is 0.741. The number of piperidine rings is 1. The first kappa shape index (κ1) is 20.8. The second-order valence-corrected chi connectivity index (χ2v) is 11.3. The fourth-order valence-corrected chi connectivity index (χ4v) is 7.33. The third-order valence-electron chi connectivity index (χ3n) is 5.68. The van der Waals surface area contributed by atoms with Crippen LogP contribution < -0.4 is 0 Å². The van der Waals surface area contributed by atoms with E-state index in [1.54, 1.807) is 4.31 Å². The highest BCUT2D eigenvalue weighted by Gasteiger charge is 2.33. The van der Waals surface area contributed by atoms with Crippen LogP contribution in [0.5, 0.6) is 0 Å². The van der Waals surface area contributed by atoms with Gasteiger partial charge in [0.05, 0.1) is 9.79 Å². The summed E-state index contributed by atoms with van der Waals surface area (Å²) in [5.74, 6) is 0. The summed E-state index contributed by atoms with van der Waals surface area (Å²) < 4.78 is 54.9. The number of hydrogen-bond donors (Lipinski definition) is 0. The number of hydrogen-bond acceptors (Lipinski definition) is 4. The lowest BCUT2D eigenvalue weighted by Crippen LogP contribution is -2.43. The lowest BCUT2D eigenvalue weighted by Gasteiger charge is -2.34. The van der Waals surface area contributed by atoms with Crippen molar-refractivity contribution in [3.05, 3.63) is 24.3 Å². The van der Waals surface area contributed by atoms with Crippen molar-refractivity contribution in [2.24, 2.45) is 0 Å². The molecule has 0 saturated carbocycles. The molecule has 2 heterocycles. The van der Waals surface area contributed by atoms with Crippen molar-refractivity contribution in [3.8, 4) is 0 Å². The Kier molecular flexibility index (Phi) is 6.61. The molecule has 0 amide bonds. The average Bonchev–Trinajstić information content (AvgIpc) is 2.98. The van der Waals surface area contributed by atoms with E-state index in [-0.39, 0.29) is 15.8 Å². The van der Waals surface area contributed by atoms with E-state index in [1.807, 2.05) is 6.92 Å². The fourth-order valence-electron chi connectivity index (χ4n) is 4.05. The molecule has 3 rings (SSSR count). The van der Waals surface area contributed by atoms with Crippen LogP contribution in [0.4, 0.5) is 0 Å². The molecule has 1 atom stereocenters. The van der Waals surface area contributed by atoms with Gasteiger partial charge in [0.15, 0.2) is 0 Å². The minimum Gasteiger partial charge on any atom is -0.207 e. The Balaban J connectivity index is 1.84. The highest BCUT2D eigenvalue weighted by atomic mass is 32.2. The Bertz CT molecular complexity index is 827. The summed E-state index contributed by atoms with van der Waals surface area (Å²) >= 11 is 0. The SMILES string of the molecule is CC[C@@H]1CCCCN1S(=O)(=O)c1ccc(S(=O)(=O)N2CCCCCC2)cc1. The average molecular weight is 415 g/mol. The summed E-state index contributed by atoms with van der Waals surface area (Å²) in [5, 5.41) is 0. The molecule has 0 radical (unpaired) electrons. The molecule has 0 N–H and O–H groups in total. The Morgan fingerprint density at radius 3 is 1.85 bits per heavy atom. The van der Waals surface area contributed by atoms with Crippen LogP contribution in [0.1, 0.15) is 58.3 Å². The van der Waals surface area contributed by atoms with E-state index in [1.165, 1.54) is 28.6 Å². The molecule has 0 bridgehead atoms. The number of sulfonamides is 2. The van der Waals surface area contributed by atoms with Gasteiger partial charge in [-0.3, -0.25) is 0 Å². The lowest BCUT2D eigenvalue weighted by molar-refractivity contribution is 0.246. The number of rotatable bonds is 5. The molecule has 2 aliphatic rings. The summed E-state index contributed by atoms with van der Waals surface area (Å²) in [7, 11) is -7.15. The smallest absolute Gasteiger partial charge is 0.207 e. The molecule has 0 aromatic heterocycles. The van der Waals surface area contributed by atoms with Gasteiger partial charge in [-0.15, -0.1) is 0 Å². The zero-order valence-corrected chi connectivity index (χ0v) is 17.6. The van der Waals surface area contributed by atoms with Gasteiger partial charge in [0.2, 0.25) is 20.0 Å². The maximum absolute atomic E-state index is 13.0. The number of nitrogens with zero attached hydrogens (tertiary/aromatic N) is 2. The molecule has 1 aromatic carbocycles. The van der Waals surface area contributed by atoms with Crippen LogP contribution in [0.2, 0.25) is 0 Å². The second kappa shape index (κ2) is 8.59. The van der Waals surface area contributed by atoms with E-state index in [2.05, 4.69) is 0 Å². The van der Waals surface area contributed by atoms with Gasteiger partial charge in [0.1, 0.15) is 0 Å². The molecular formula is C19H30N2O4S2. The molecule has 0 aliphatic carbocycles. The van der Waals surface area contributed by atoms with Crippen LogP contribution in [0, 0.1) is 0 Å². The summed E-state index contributed by atoms with van der Waals surface area (Å²) in [6, 6.07) is 5.81. The molecule has 27 heavy (non-hydrogen) atoms. The van der Waals surface area contributed by atoms with Gasteiger partial charge >= 0.3 is 0 Å². The first-order chi connectivity index (χ1) is 12.9. The Morgan fingerprint density at radius 1 is 0.778 bits per heavy atom. The van der Waals surface area contributed by atoms with Gasteiger partial charge in [0.25, 0.3) is 0 Å². The third kappa shape index (κ3) is 4.39. The molecule has 2 fully saturated rings. The Labute approximate surface area is 163 Å². The van der Waals surface area contributed by atoms with Crippen molar-refractivity contribution in [2.75, 3.05) is 19.6 Å². The van der Waals surface area contributed by atoms with Crippen molar-refractivity contribution < 1.29 is 16.8 Å². The maximum Gasteiger partial charge on any atom is 0.243 e. The van der Waals surface area contributed by atoms with E-state index in [0.29, 0.717) is 19.6 Å². The minimum absolute atomic E-state index is 0.0317. The summed E-state index contributed by atoms with van der Waals surface area (Å²) in [5.41, 5.74) is 0. The number of benzene rings is 1. The molecule has 152 valence electrons. The van der Waals surface area contributed by atoms with E-state index >= 15 is 0 Å². The van der Waals surface area contributed by atoms with Crippen LogP contribution in [0.3, 0.4) is 0 Å². The predicted molar refractivity (Wildman–Crippen MR) is 105 cm³/mol. The first-order valence-electron chi connectivity index (χ1n) is 9.99. The Morgan fingerprint density at radius 2 is 1.30 bits per heavy atom. The zero-order chi connectivity index (χ0) is 19.5. The molecule has 8 heteroatoms. The molecule has 6 nitrogen and oxygen atoms in total. The van der Waals surface area contributed by atoms with Gasteiger partial charge in [-0.05, 0) is 56.4 Å². The Hall–Kier alpha value is -0.960. The topological polar surface area (TPSA) is 74.8 Å². The summed E-state index contributed by atoms with van der Waals surface area (Å²) in [6.07, 6.45) is 7.46. The van der Waals surface area contributed by atoms with Crippen LogP contribution >= 0.6 is 0 Å². The standard InChI is InChI=1S/C19H30N2O4S2/c1-2-17-9-5-8-16-21(17)27(24,25)19-12-10-18(11-13-19)26(22,23)20-14-6-3-4-7-15-20/h10-13,17H,2-9,14-16H2,1H3/t17-/m1/s1. The van der Waals surface area contributed by atoms with Gasteiger partial charge in [-0.25, -0.2) is 16.8 Å². The van der Waals surface area contributed by atoms with Crippen molar-refractivity contribution in [3.63, 3.8) is 0 Å². The fraction of sp³-hybridized carbons (Fsp3) is 0.684. The van der Waals surface area contributed by atoms with Crippen LogP contribution in [0.25, 0.3) is 0 Å². The summed E-state index contributed by atoms with van der Waals surface area (Å²) in [6.45, 7) is 3.62. The van der Waals surface area contributed by atoms with E-state index in [9.17, 15) is 16.8 Å². The van der Waals surface area contributed by atoms with Crippen molar-refractivity contribution in [1.82, 2.24) is 8.61 Å².